The third-order valence-electron chi connectivity index (χ3n) is 3.58. The van der Waals surface area contributed by atoms with Crippen LogP contribution in [0.1, 0.15) is 12.8 Å². The molecule has 1 N–H and O–H groups in total. The maximum Gasteiger partial charge on any atom is 0.299 e. The Morgan fingerprint density at radius 3 is 3.33 bits per heavy atom. The van der Waals surface area contributed by atoms with Crippen molar-refractivity contribution in [2.45, 2.75) is 12.8 Å². The van der Waals surface area contributed by atoms with E-state index in [1.165, 1.54) is 0 Å². The number of carbonyl (C=O) groups is 1. The van der Waals surface area contributed by atoms with E-state index >= 15 is 0 Å². The van der Waals surface area contributed by atoms with E-state index in [0.29, 0.717) is 23.8 Å². The van der Waals surface area contributed by atoms with Gasteiger partial charge in [0.05, 0.1) is 12.5 Å². The summed E-state index contributed by atoms with van der Waals surface area (Å²) in [5.74, 6) is 2.32. The molecule has 21 heavy (non-hydrogen) atoms. The van der Waals surface area contributed by atoms with Gasteiger partial charge in [0.25, 0.3) is 6.01 Å². The zero-order valence-corrected chi connectivity index (χ0v) is 11.6. The second-order valence-corrected chi connectivity index (χ2v) is 5.03. The Bertz CT molecular complexity index is 655. The molecule has 1 aliphatic rings. The quantitative estimate of drug-likeness (QED) is 0.857. The number of nitrogens with zero attached hydrogens (tertiary/aromatic N) is 3. The van der Waals surface area contributed by atoms with Crippen LogP contribution in [0.2, 0.25) is 0 Å². The van der Waals surface area contributed by atoms with Crippen molar-refractivity contribution in [3.05, 3.63) is 18.3 Å². The van der Waals surface area contributed by atoms with Crippen LogP contribution < -0.4 is 10.2 Å². The minimum atomic E-state index is -0.0879. The normalized spacial score (nSPS) is 18.4. The average Bonchev–Trinajstić information content (AvgIpc) is 2.97. The van der Waals surface area contributed by atoms with Crippen LogP contribution >= 0.6 is 0 Å². The Morgan fingerprint density at radius 1 is 1.62 bits per heavy atom. The number of rotatable bonds is 3. The molecule has 1 unspecified atom stereocenters. The van der Waals surface area contributed by atoms with Crippen molar-refractivity contribution in [2.24, 2.45) is 5.92 Å². The van der Waals surface area contributed by atoms with E-state index in [9.17, 15) is 4.79 Å². The van der Waals surface area contributed by atoms with Crippen molar-refractivity contribution < 1.29 is 9.21 Å². The second-order valence-electron chi connectivity index (χ2n) is 5.03. The third-order valence-corrected chi connectivity index (χ3v) is 3.58. The Kier molecular flexibility index (Phi) is 3.73. The lowest BCUT2D eigenvalue weighted by Crippen LogP contribution is -2.43. The van der Waals surface area contributed by atoms with Crippen LogP contribution in [0.3, 0.4) is 0 Å². The number of anilines is 1. The zero-order valence-electron chi connectivity index (χ0n) is 11.6. The lowest BCUT2D eigenvalue weighted by atomic mass is 9.97. The molecule has 1 saturated heterocycles. The van der Waals surface area contributed by atoms with Gasteiger partial charge >= 0.3 is 0 Å². The number of terminal acetylenes is 1. The Morgan fingerprint density at radius 2 is 2.52 bits per heavy atom. The van der Waals surface area contributed by atoms with Crippen molar-refractivity contribution in [3.8, 4) is 12.3 Å². The molecule has 0 spiro atoms. The standard InChI is InChI=1S/C15H16N4O2/c1-2-7-17-14(20)11-5-4-9-19(10-11)15-18-13-12(21-15)6-3-8-16-13/h1,3,6,8,11H,4-5,7,9-10H2,(H,17,20). The van der Waals surface area contributed by atoms with Gasteiger partial charge in [-0.05, 0) is 25.0 Å². The van der Waals surface area contributed by atoms with Crippen LogP contribution in [-0.2, 0) is 4.79 Å². The lowest BCUT2D eigenvalue weighted by molar-refractivity contribution is -0.125. The number of fused-ring (bicyclic) bond motifs is 1. The average molecular weight is 284 g/mol. The molecule has 6 nitrogen and oxygen atoms in total. The Balaban J connectivity index is 1.73. The van der Waals surface area contributed by atoms with Gasteiger partial charge in [0, 0.05) is 19.3 Å². The van der Waals surface area contributed by atoms with Gasteiger partial charge in [-0.2, -0.15) is 4.98 Å². The number of hydrogen-bond donors (Lipinski definition) is 1. The Labute approximate surface area is 122 Å². The first-order chi connectivity index (χ1) is 10.3. The van der Waals surface area contributed by atoms with Gasteiger partial charge in [0.1, 0.15) is 0 Å². The SMILES string of the molecule is C#CCNC(=O)C1CCCN(c2nc3ncccc3o2)C1. The monoisotopic (exact) mass is 284 g/mol. The summed E-state index contributed by atoms with van der Waals surface area (Å²) in [5, 5.41) is 2.74. The molecule has 0 saturated carbocycles. The second kappa shape index (κ2) is 5.83. The van der Waals surface area contributed by atoms with E-state index in [1.54, 1.807) is 6.20 Å². The van der Waals surface area contributed by atoms with E-state index < -0.39 is 0 Å². The predicted octanol–water partition coefficient (Wildman–Crippen LogP) is 1.19. The summed E-state index contributed by atoms with van der Waals surface area (Å²) in [6.07, 6.45) is 8.61. The highest BCUT2D eigenvalue weighted by Crippen LogP contribution is 2.25. The highest BCUT2D eigenvalue weighted by molar-refractivity contribution is 5.79. The van der Waals surface area contributed by atoms with Crippen LogP contribution in [0.5, 0.6) is 0 Å². The topological polar surface area (TPSA) is 71.3 Å². The molecule has 1 aliphatic heterocycles. The number of piperidine rings is 1. The van der Waals surface area contributed by atoms with Crippen LogP contribution in [-0.4, -0.2) is 35.5 Å². The summed E-state index contributed by atoms with van der Waals surface area (Å²) in [4.78, 5) is 22.5. The molecule has 1 fully saturated rings. The minimum absolute atomic E-state index is 0.00751. The smallest absolute Gasteiger partial charge is 0.299 e. The molecule has 108 valence electrons. The predicted molar refractivity (Wildman–Crippen MR) is 78.6 cm³/mol. The largest absolute Gasteiger partial charge is 0.422 e. The molecule has 3 rings (SSSR count). The van der Waals surface area contributed by atoms with E-state index in [1.807, 2.05) is 17.0 Å². The molecule has 0 aromatic carbocycles. The number of aromatic nitrogens is 2. The first kappa shape index (κ1) is 13.4. The van der Waals surface area contributed by atoms with Gasteiger partial charge in [-0.15, -0.1) is 6.42 Å². The minimum Gasteiger partial charge on any atom is -0.422 e. The number of nitrogens with one attached hydrogen (secondary N) is 1. The fraction of sp³-hybridized carbons (Fsp3) is 0.400. The number of hydrogen-bond acceptors (Lipinski definition) is 5. The van der Waals surface area contributed by atoms with Crippen LogP contribution in [0.4, 0.5) is 6.01 Å². The van der Waals surface area contributed by atoms with Gasteiger partial charge in [-0.1, -0.05) is 5.92 Å². The van der Waals surface area contributed by atoms with Crippen molar-refractivity contribution in [1.29, 1.82) is 0 Å². The molecule has 6 heteroatoms. The van der Waals surface area contributed by atoms with Gasteiger partial charge in [-0.25, -0.2) is 4.98 Å². The summed E-state index contributed by atoms with van der Waals surface area (Å²) < 4.78 is 5.70. The summed E-state index contributed by atoms with van der Waals surface area (Å²) in [6, 6.07) is 4.17. The molecular formula is C15H16N4O2. The van der Waals surface area contributed by atoms with Gasteiger partial charge in [0.2, 0.25) is 11.6 Å². The molecule has 2 aromatic heterocycles. The van der Waals surface area contributed by atoms with Crippen LogP contribution in [0, 0.1) is 18.3 Å². The molecule has 0 radical (unpaired) electrons. The maximum atomic E-state index is 12.0. The van der Waals surface area contributed by atoms with Crippen molar-refractivity contribution in [1.82, 2.24) is 15.3 Å². The van der Waals surface area contributed by atoms with Gasteiger partial charge in [0.15, 0.2) is 5.58 Å². The lowest BCUT2D eigenvalue weighted by Gasteiger charge is -2.30. The molecule has 2 aromatic rings. The van der Waals surface area contributed by atoms with E-state index in [4.69, 9.17) is 10.8 Å². The molecule has 0 bridgehead atoms. The summed E-state index contributed by atoms with van der Waals surface area (Å²) in [7, 11) is 0. The molecule has 1 atom stereocenters. The van der Waals surface area contributed by atoms with Crippen molar-refractivity contribution >= 4 is 23.2 Å². The molecule has 3 heterocycles. The number of oxazole rings is 1. The maximum absolute atomic E-state index is 12.0. The fourth-order valence-electron chi connectivity index (χ4n) is 2.54. The fourth-order valence-corrected chi connectivity index (χ4v) is 2.54. The number of pyridine rings is 1. The molecule has 0 aliphatic carbocycles. The van der Waals surface area contributed by atoms with Crippen molar-refractivity contribution in [2.75, 3.05) is 24.5 Å². The first-order valence-corrected chi connectivity index (χ1v) is 6.95. The summed E-state index contributed by atoms with van der Waals surface area (Å²) >= 11 is 0. The first-order valence-electron chi connectivity index (χ1n) is 6.95. The van der Waals surface area contributed by atoms with Gasteiger partial charge < -0.3 is 14.6 Å². The van der Waals surface area contributed by atoms with Gasteiger partial charge in [-0.3, -0.25) is 4.79 Å². The number of amides is 1. The van der Waals surface area contributed by atoms with E-state index in [0.717, 1.165) is 19.4 Å². The van der Waals surface area contributed by atoms with Crippen molar-refractivity contribution in [3.63, 3.8) is 0 Å². The third kappa shape index (κ3) is 2.82. The zero-order chi connectivity index (χ0) is 14.7. The van der Waals surface area contributed by atoms with Crippen LogP contribution in [0.15, 0.2) is 22.7 Å². The summed E-state index contributed by atoms with van der Waals surface area (Å²) in [6.45, 7) is 1.68. The summed E-state index contributed by atoms with van der Waals surface area (Å²) in [5.41, 5.74) is 1.25. The highest BCUT2D eigenvalue weighted by Gasteiger charge is 2.28. The Hall–Kier alpha value is -2.55. The van der Waals surface area contributed by atoms with E-state index in [-0.39, 0.29) is 18.4 Å². The molecular weight excluding hydrogens is 268 g/mol. The van der Waals surface area contributed by atoms with E-state index in [2.05, 4.69) is 21.2 Å². The van der Waals surface area contributed by atoms with Crippen LogP contribution in [0.25, 0.3) is 11.2 Å². The highest BCUT2D eigenvalue weighted by atomic mass is 16.4. The number of carbonyl (C=O) groups excluding carboxylic acids is 1. The molecule has 1 amide bonds.